The summed E-state index contributed by atoms with van der Waals surface area (Å²) < 4.78 is 0. The summed E-state index contributed by atoms with van der Waals surface area (Å²) in [6, 6.07) is 0.578. The number of hydrogen-bond donors (Lipinski definition) is 2. The molecular formula is C10H22N2O. The Labute approximate surface area is 80.9 Å². The first-order chi connectivity index (χ1) is 6.15. The Bertz CT molecular complexity index is 150. The van der Waals surface area contributed by atoms with E-state index in [9.17, 15) is 5.11 Å². The molecule has 3 N–H and O–H groups in total. The average Bonchev–Trinajstić information content (AvgIpc) is 2.52. The molecule has 0 aromatic rings. The molecule has 1 fully saturated rings. The fourth-order valence-electron chi connectivity index (χ4n) is 2.03. The van der Waals surface area contributed by atoms with Crippen LogP contribution in [0.2, 0.25) is 0 Å². The van der Waals surface area contributed by atoms with Crippen LogP contribution in [-0.2, 0) is 0 Å². The molecule has 0 aromatic carbocycles. The largest absolute Gasteiger partial charge is 0.393 e. The third-order valence-corrected chi connectivity index (χ3v) is 3.15. The van der Waals surface area contributed by atoms with E-state index >= 15 is 0 Å². The van der Waals surface area contributed by atoms with Crippen LogP contribution in [0.5, 0.6) is 0 Å². The zero-order chi connectivity index (χ0) is 9.84. The van der Waals surface area contributed by atoms with Crippen molar-refractivity contribution in [2.45, 2.75) is 38.8 Å². The van der Waals surface area contributed by atoms with Crippen molar-refractivity contribution in [3.63, 3.8) is 0 Å². The number of aliphatic hydroxyl groups excluding tert-OH is 1. The van der Waals surface area contributed by atoms with Gasteiger partial charge in [0.1, 0.15) is 0 Å². The zero-order valence-electron chi connectivity index (χ0n) is 8.74. The lowest BCUT2D eigenvalue weighted by molar-refractivity contribution is 0.122. The summed E-state index contributed by atoms with van der Waals surface area (Å²) in [5.41, 5.74) is 5.52. The first kappa shape index (κ1) is 11.0. The molecule has 0 aromatic heterocycles. The first-order valence-electron chi connectivity index (χ1n) is 5.27. The molecule has 1 heterocycles. The molecule has 3 atom stereocenters. The number of nitrogens with zero attached hydrogens (tertiary/aromatic N) is 1. The van der Waals surface area contributed by atoms with Gasteiger partial charge in [-0.25, -0.2) is 0 Å². The Kier molecular flexibility index (Phi) is 4.16. The number of nitrogens with two attached hydrogens (primary N) is 1. The zero-order valence-corrected chi connectivity index (χ0v) is 8.74. The Morgan fingerprint density at radius 2 is 2.23 bits per heavy atom. The van der Waals surface area contributed by atoms with Crippen molar-refractivity contribution >= 4 is 0 Å². The topological polar surface area (TPSA) is 49.5 Å². The van der Waals surface area contributed by atoms with Gasteiger partial charge in [-0.2, -0.15) is 0 Å². The second-order valence-electron chi connectivity index (χ2n) is 4.21. The van der Waals surface area contributed by atoms with Crippen molar-refractivity contribution in [3.8, 4) is 0 Å². The van der Waals surface area contributed by atoms with Gasteiger partial charge in [-0.3, -0.25) is 0 Å². The summed E-state index contributed by atoms with van der Waals surface area (Å²) in [6.45, 7) is 7.03. The number of rotatable bonds is 4. The van der Waals surface area contributed by atoms with E-state index in [1.54, 1.807) is 0 Å². The molecule has 3 heteroatoms. The third kappa shape index (κ3) is 2.93. The molecule has 3 unspecified atom stereocenters. The molecule has 0 aliphatic carbocycles. The van der Waals surface area contributed by atoms with Gasteiger partial charge in [-0.05, 0) is 45.7 Å². The minimum atomic E-state index is -0.157. The summed E-state index contributed by atoms with van der Waals surface area (Å²) in [5.74, 6) is 0.472. The number of hydrogen-bond acceptors (Lipinski definition) is 3. The Hall–Kier alpha value is -0.120. The van der Waals surface area contributed by atoms with Gasteiger partial charge in [-0.1, -0.05) is 0 Å². The van der Waals surface area contributed by atoms with Crippen LogP contribution < -0.4 is 5.73 Å². The molecule has 0 bridgehead atoms. The molecule has 13 heavy (non-hydrogen) atoms. The Morgan fingerprint density at radius 1 is 1.54 bits per heavy atom. The maximum absolute atomic E-state index is 9.43. The monoisotopic (exact) mass is 186 g/mol. The van der Waals surface area contributed by atoms with Crippen LogP contribution >= 0.6 is 0 Å². The van der Waals surface area contributed by atoms with Crippen LogP contribution in [0.25, 0.3) is 0 Å². The third-order valence-electron chi connectivity index (χ3n) is 3.15. The molecule has 1 aliphatic rings. The SMILES string of the molecule is CC(O)C1CCN(C(C)CCN)C1. The van der Waals surface area contributed by atoms with E-state index in [-0.39, 0.29) is 6.10 Å². The van der Waals surface area contributed by atoms with Gasteiger partial charge < -0.3 is 15.7 Å². The molecule has 1 rings (SSSR count). The highest BCUT2D eigenvalue weighted by molar-refractivity contribution is 4.81. The summed E-state index contributed by atoms with van der Waals surface area (Å²) in [7, 11) is 0. The molecule has 0 amide bonds. The minimum Gasteiger partial charge on any atom is -0.393 e. The van der Waals surface area contributed by atoms with E-state index in [0.29, 0.717) is 12.0 Å². The van der Waals surface area contributed by atoms with Gasteiger partial charge in [0.2, 0.25) is 0 Å². The van der Waals surface area contributed by atoms with Crippen LogP contribution in [-0.4, -0.2) is 41.8 Å². The number of likely N-dealkylation sites (tertiary alicyclic amines) is 1. The van der Waals surface area contributed by atoms with Gasteiger partial charge in [0.15, 0.2) is 0 Å². The Balaban J connectivity index is 2.31. The summed E-state index contributed by atoms with van der Waals surface area (Å²) in [4.78, 5) is 2.43. The van der Waals surface area contributed by atoms with Crippen LogP contribution in [0, 0.1) is 5.92 Å². The van der Waals surface area contributed by atoms with Gasteiger partial charge >= 0.3 is 0 Å². The molecule has 0 spiro atoms. The highest BCUT2D eigenvalue weighted by Crippen LogP contribution is 2.22. The molecule has 0 radical (unpaired) electrons. The van der Waals surface area contributed by atoms with Gasteiger partial charge in [-0.15, -0.1) is 0 Å². The Morgan fingerprint density at radius 3 is 2.69 bits per heavy atom. The molecule has 3 nitrogen and oxygen atoms in total. The van der Waals surface area contributed by atoms with E-state index in [4.69, 9.17) is 5.73 Å². The van der Waals surface area contributed by atoms with Gasteiger partial charge in [0, 0.05) is 12.6 Å². The van der Waals surface area contributed by atoms with E-state index < -0.39 is 0 Å². The second kappa shape index (κ2) is 4.94. The molecule has 0 saturated carbocycles. The van der Waals surface area contributed by atoms with Crippen molar-refractivity contribution in [3.05, 3.63) is 0 Å². The number of aliphatic hydroxyl groups is 1. The maximum atomic E-state index is 9.43. The first-order valence-corrected chi connectivity index (χ1v) is 5.27. The van der Waals surface area contributed by atoms with E-state index in [1.165, 1.54) is 0 Å². The summed E-state index contributed by atoms with van der Waals surface area (Å²) in [5, 5.41) is 9.43. The van der Waals surface area contributed by atoms with Gasteiger partial charge in [0.25, 0.3) is 0 Å². The standard InChI is InChI=1S/C10H22N2O/c1-8(3-5-11)12-6-4-10(7-12)9(2)13/h8-10,13H,3-7,11H2,1-2H3. The lowest BCUT2D eigenvalue weighted by atomic mass is 10.0. The van der Waals surface area contributed by atoms with Crippen LogP contribution in [0.1, 0.15) is 26.7 Å². The van der Waals surface area contributed by atoms with Crippen LogP contribution in [0.4, 0.5) is 0 Å². The molecule has 1 saturated heterocycles. The van der Waals surface area contributed by atoms with Crippen LogP contribution in [0.15, 0.2) is 0 Å². The normalized spacial score (nSPS) is 29.1. The fraction of sp³-hybridized carbons (Fsp3) is 1.00. The van der Waals surface area contributed by atoms with Gasteiger partial charge in [0.05, 0.1) is 6.10 Å². The van der Waals surface area contributed by atoms with E-state index in [2.05, 4.69) is 11.8 Å². The smallest absolute Gasteiger partial charge is 0.0552 e. The molecule has 78 valence electrons. The van der Waals surface area contributed by atoms with E-state index in [1.807, 2.05) is 6.92 Å². The lowest BCUT2D eigenvalue weighted by Gasteiger charge is -2.24. The van der Waals surface area contributed by atoms with Crippen molar-refractivity contribution in [1.29, 1.82) is 0 Å². The van der Waals surface area contributed by atoms with Crippen molar-refractivity contribution < 1.29 is 5.11 Å². The second-order valence-corrected chi connectivity index (χ2v) is 4.21. The van der Waals surface area contributed by atoms with Crippen LogP contribution in [0.3, 0.4) is 0 Å². The lowest BCUT2D eigenvalue weighted by Crippen LogP contribution is -2.33. The van der Waals surface area contributed by atoms with Crippen molar-refractivity contribution in [2.24, 2.45) is 11.7 Å². The highest BCUT2D eigenvalue weighted by Gasteiger charge is 2.28. The molecule has 1 aliphatic heterocycles. The predicted molar refractivity (Wildman–Crippen MR) is 54.5 cm³/mol. The van der Waals surface area contributed by atoms with E-state index in [0.717, 1.165) is 32.5 Å². The maximum Gasteiger partial charge on any atom is 0.0552 e. The highest BCUT2D eigenvalue weighted by atomic mass is 16.3. The predicted octanol–water partition coefficient (Wildman–Crippen LogP) is 0.426. The summed E-state index contributed by atoms with van der Waals surface area (Å²) >= 11 is 0. The minimum absolute atomic E-state index is 0.157. The summed E-state index contributed by atoms with van der Waals surface area (Å²) in [6.07, 6.45) is 2.04. The average molecular weight is 186 g/mol. The van der Waals surface area contributed by atoms with Crippen molar-refractivity contribution in [2.75, 3.05) is 19.6 Å². The van der Waals surface area contributed by atoms with Crippen molar-refractivity contribution in [1.82, 2.24) is 4.90 Å². The quantitative estimate of drug-likeness (QED) is 0.669. The molecular weight excluding hydrogens is 164 g/mol. The fourth-order valence-corrected chi connectivity index (χ4v) is 2.03.